The summed E-state index contributed by atoms with van der Waals surface area (Å²) in [6.07, 6.45) is 0. The Balaban J connectivity index is 2.34. The largest absolute Gasteiger partial charge is 0.557 e. The van der Waals surface area contributed by atoms with Crippen LogP contribution in [0.1, 0.15) is 0 Å². The summed E-state index contributed by atoms with van der Waals surface area (Å²) in [6, 6.07) is 4.44. The van der Waals surface area contributed by atoms with Gasteiger partial charge in [-0.2, -0.15) is 0 Å². The number of nitro groups is 1. The SMILES string of the molecule is COCCN=c1ccc(N2[CH-][OH+]CC2=O)c[c-]1[N+](=O)[O-]. The highest BCUT2D eigenvalue weighted by atomic mass is 16.6. The second kappa shape index (κ2) is 6.31. The van der Waals surface area contributed by atoms with Gasteiger partial charge in [-0.1, -0.05) is 11.8 Å². The molecule has 1 amide bonds. The average Bonchev–Trinajstić information content (AvgIpc) is 2.85. The zero-order valence-corrected chi connectivity index (χ0v) is 10.9. The third-order valence-electron chi connectivity index (χ3n) is 2.70. The van der Waals surface area contributed by atoms with Crippen molar-refractivity contribution in [2.45, 2.75) is 0 Å². The number of non-ortho nitro benzene ring substituents is 1. The van der Waals surface area contributed by atoms with E-state index in [0.29, 0.717) is 18.8 Å². The molecule has 1 N–H and O–H groups in total. The van der Waals surface area contributed by atoms with Crippen LogP contribution in [0, 0.1) is 16.8 Å². The number of amides is 1. The zero-order valence-electron chi connectivity index (χ0n) is 10.9. The number of nitro benzene ring substituents is 1. The molecular weight excluding hydrogens is 266 g/mol. The highest BCUT2D eigenvalue weighted by Gasteiger charge is 2.16. The van der Waals surface area contributed by atoms with E-state index in [-0.39, 0.29) is 23.6 Å². The number of carbonyl (C=O) groups is 1. The van der Waals surface area contributed by atoms with Crippen LogP contribution in [0.5, 0.6) is 0 Å². The standard InChI is InChI=1S/C12H14N3O5/c1-19-5-4-13-10-3-2-9(6-11(10)15(17)18)14-8-20-7-12(14)16/h2-3,6,8,20H,4-5,7H2,1H3/q-1. The molecule has 0 unspecified atom stereocenters. The quantitative estimate of drug-likeness (QED) is 0.246. The maximum atomic E-state index is 11.5. The number of methoxy groups -OCH3 is 1. The topological polar surface area (TPSA) is 97.8 Å². The van der Waals surface area contributed by atoms with E-state index >= 15 is 0 Å². The highest BCUT2D eigenvalue weighted by Crippen LogP contribution is 2.21. The minimum atomic E-state index is -0.521. The Morgan fingerprint density at radius 3 is 3.05 bits per heavy atom. The van der Waals surface area contributed by atoms with Crippen molar-refractivity contribution in [3.8, 4) is 0 Å². The average molecular weight is 280 g/mol. The molecule has 1 heterocycles. The van der Waals surface area contributed by atoms with Crippen molar-refractivity contribution in [1.82, 2.24) is 0 Å². The number of aliphatic hydroxyl groups is 2. The lowest BCUT2D eigenvalue weighted by molar-refractivity contribution is -0.386. The summed E-state index contributed by atoms with van der Waals surface area (Å²) < 4.78 is 8.67. The molecule has 0 bridgehead atoms. The first-order valence-corrected chi connectivity index (χ1v) is 5.90. The van der Waals surface area contributed by atoms with E-state index in [1.165, 1.54) is 30.9 Å². The highest BCUT2D eigenvalue weighted by molar-refractivity contribution is 5.96. The van der Waals surface area contributed by atoms with Crippen LogP contribution in [0.3, 0.4) is 0 Å². The molecule has 108 valence electrons. The van der Waals surface area contributed by atoms with E-state index in [9.17, 15) is 14.9 Å². The predicted molar refractivity (Wildman–Crippen MR) is 69.9 cm³/mol. The molecule has 1 fully saturated rings. The number of hydrogen-bond acceptors (Lipinski definition) is 5. The Morgan fingerprint density at radius 2 is 2.45 bits per heavy atom. The second-order valence-electron chi connectivity index (χ2n) is 4.02. The van der Waals surface area contributed by atoms with Gasteiger partial charge in [-0.25, -0.2) is 0 Å². The van der Waals surface area contributed by atoms with Gasteiger partial charge in [0.25, 0.3) is 5.91 Å². The number of rotatable bonds is 5. The summed E-state index contributed by atoms with van der Waals surface area (Å²) in [6.45, 7) is 2.15. The molecule has 1 aromatic rings. The van der Waals surface area contributed by atoms with E-state index in [1.54, 1.807) is 6.07 Å². The fraction of sp³-hybridized carbons (Fsp3) is 0.333. The first-order valence-electron chi connectivity index (χ1n) is 5.90. The van der Waals surface area contributed by atoms with Crippen molar-refractivity contribution in [2.24, 2.45) is 4.99 Å². The molecule has 0 aliphatic carbocycles. The lowest BCUT2D eigenvalue weighted by atomic mass is 10.2. The van der Waals surface area contributed by atoms with Crippen molar-refractivity contribution >= 4 is 17.3 Å². The van der Waals surface area contributed by atoms with Crippen LogP contribution in [0.4, 0.5) is 11.4 Å². The maximum Gasteiger partial charge on any atom is 0.266 e. The van der Waals surface area contributed by atoms with Gasteiger partial charge in [-0.3, -0.25) is 14.9 Å². The van der Waals surface area contributed by atoms with Crippen LogP contribution in [-0.2, 0) is 9.53 Å². The van der Waals surface area contributed by atoms with Gasteiger partial charge in [-0.15, -0.1) is 12.1 Å². The third kappa shape index (κ3) is 3.03. The first kappa shape index (κ1) is 14.2. The Labute approximate surface area is 114 Å². The van der Waals surface area contributed by atoms with Gasteiger partial charge in [0.1, 0.15) is 0 Å². The molecule has 0 saturated carbocycles. The van der Waals surface area contributed by atoms with Crippen LogP contribution in [0.2, 0.25) is 0 Å². The summed E-state index contributed by atoms with van der Waals surface area (Å²) in [5, 5.41) is 11.3. The maximum absolute atomic E-state index is 11.5. The van der Waals surface area contributed by atoms with Gasteiger partial charge >= 0.3 is 0 Å². The Hall–Kier alpha value is -2.19. The van der Waals surface area contributed by atoms with Crippen molar-refractivity contribution < 1.29 is 19.2 Å². The van der Waals surface area contributed by atoms with E-state index in [2.05, 4.69) is 9.73 Å². The summed E-state index contributed by atoms with van der Waals surface area (Å²) in [5.41, 5.74) is 0.264. The predicted octanol–water partition coefficient (Wildman–Crippen LogP) is -0.145. The monoisotopic (exact) mass is 280 g/mol. The van der Waals surface area contributed by atoms with Crippen molar-refractivity contribution in [3.05, 3.63) is 40.4 Å². The zero-order chi connectivity index (χ0) is 14.5. The molecule has 20 heavy (non-hydrogen) atoms. The molecule has 1 aromatic carbocycles. The van der Waals surface area contributed by atoms with Gasteiger partial charge < -0.3 is 19.4 Å². The molecule has 1 saturated heterocycles. The molecule has 0 atom stereocenters. The molecule has 1 aliphatic rings. The van der Waals surface area contributed by atoms with E-state index in [0.717, 1.165) is 0 Å². The number of carbonyl (C=O) groups excluding carboxylic acids is 1. The summed E-state index contributed by atoms with van der Waals surface area (Å²) in [5.74, 6) is -0.219. The number of anilines is 1. The summed E-state index contributed by atoms with van der Waals surface area (Å²) in [4.78, 5) is 27.5. The Bertz CT molecular complexity index is 581. The minimum Gasteiger partial charge on any atom is -0.557 e. The second-order valence-corrected chi connectivity index (χ2v) is 4.02. The molecule has 8 heteroatoms. The van der Waals surface area contributed by atoms with Gasteiger partial charge in [0.2, 0.25) is 0 Å². The molecule has 1 aliphatic heterocycles. The van der Waals surface area contributed by atoms with Crippen molar-refractivity contribution in [2.75, 3.05) is 31.8 Å². The van der Waals surface area contributed by atoms with Crippen LogP contribution in [-0.4, -0.2) is 42.4 Å². The van der Waals surface area contributed by atoms with Crippen molar-refractivity contribution in [3.63, 3.8) is 0 Å². The molecular formula is C12H14N3O5-. The van der Waals surface area contributed by atoms with Crippen molar-refractivity contribution in [1.29, 1.82) is 0 Å². The lowest BCUT2D eigenvalue weighted by Crippen LogP contribution is -2.23. The Kier molecular flexibility index (Phi) is 4.49. The van der Waals surface area contributed by atoms with Crippen LogP contribution < -0.4 is 10.3 Å². The first-order chi connectivity index (χ1) is 9.63. The number of hydrogen-bond donors (Lipinski definition) is 0. The van der Waals surface area contributed by atoms with E-state index in [4.69, 9.17) is 4.74 Å². The lowest BCUT2D eigenvalue weighted by Gasteiger charge is -2.24. The van der Waals surface area contributed by atoms with Gasteiger partial charge in [0, 0.05) is 24.1 Å². The van der Waals surface area contributed by atoms with E-state index in [1.807, 2.05) is 0 Å². The van der Waals surface area contributed by atoms with Crippen LogP contribution in [0.15, 0.2) is 23.2 Å². The van der Waals surface area contributed by atoms with E-state index < -0.39 is 4.92 Å². The summed E-state index contributed by atoms with van der Waals surface area (Å²) in [7, 11) is 1.53. The van der Waals surface area contributed by atoms with Gasteiger partial charge in [-0.05, 0) is 0 Å². The summed E-state index contributed by atoms with van der Waals surface area (Å²) >= 11 is 0. The van der Waals surface area contributed by atoms with Crippen LogP contribution >= 0.6 is 0 Å². The number of benzene rings is 1. The third-order valence-corrected chi connectivity index (χ3v) is 2.70. The minimum absolute atomic E-state index is 0.0633. The molecule has 2 rings (SSSR count). The fourth-order valence-electron chi connectivity index (χ4n) is 1.75. The van der Waals surface area contributed by atoms with Gasteiger partial charge in [0.15, 0.2) is 12.3 Å². The molecule has 8 nitrogen and oxygen atoms in total. The molecule has 0 spiro atoms. The van der Waals surface area contributed by atoms with Crippen LogP contribution in [0.25, 0.3) is 0 Å². The van der Waals surface area contributed by atoms with Gasteiger partial charge in [0.05, 0.1) is 13.2 Å². The smallest absolute Gasteiger partial charge is 0.266 e. The Morgan fingerprint density at radius 1 is 1.65 bits per heavy atom. The fourth-order valence-corrected chi connectivity index (χ4v) is 1.75. The number of nitrogens with zero attached hydrogens (tertiary/aromatic N) is 3. The number of ether oxygens (including phenoxy) is 2. The normalized spacial score (nSPS) is 15.9. The molecule has 0 aromatic heterocycles. The molecule has 0 radical (unpaired) electrons.